The molecule has 1 aliphatic rings. The lowest BCUT2D eigenvalue weighted by atomic mass is 9.96. The van der Waals surface area contributed by atoms with E-state index in [9.17, 15) is 9.59 Å². The maximum absolute atomic E-state index is 13.0. The second-order valence-corrected chi connectivity index (χ2v) is 7.76. The number of hydrogen-bond donors (Lipinski definition) is 0. The highest BCUT2D eigenvalue weighted by molar-refractivity contribution is 5.94. The van der Waals surface area contributed by atoms with Crippen LogP contribution in [-0.4, -0.2) is 52.3 Å². The fourth-order valence-electron chi connectivity index (χ4n) is 3.72. The Hall–Kier alpha value is -2.57. The average Bonchev–Trinajstić information content (AvgIpc) is 2.96. The van der Waals surface area contributed by atoms with Crippen LogP contribution in [0.2, 0.25) is 0 Å². The number of nitrogens with zero attached hydrogens (tertiary/aromatic N) is 5. The molecule has 7 nitrogen and oxygen atoms in total. The third-order valence-electron chi connectivity index (χ3n) is 5.20. The zero-order chi connectivity index (χ0) is 19.7. The first-order chi connectivity index (χ1) is 12.8. The van der Waals surface area contributed by atoms with Gasteiger partial charge in [-0.05, 0) is 51.0 Å². The van der Waals surface area contributed by atoms with E-state index in [1.54, 1.807) is 11.6 Å². The topological polar surface area (TPSA) is 63.4 Å². The average molecular weight is 371 g/mol. The standard InChI is InChI=1S/C20H29N5O2/c1-14(2)25-18(21-23(5)20(25)27)16-7-6-12-24(13-16)19(26)15-8-10-17(11-9-15)22(3)4/h8-11,14,16H,6-7,12-13H2,1-5H3. The highest BCUT2D eigenvalue weighted by Crippen LogP contribution is 2.27. The predicted octanol–water partition coefficient (Wildman–Crippen LogP) is 2.25. The first kappa shape index (κ1) is 19.2. The molecule has 0 bridgehead atoms. The van der Waals surface area contributed by atoms with Crippen LogP contribution in [0.5, 0.6) is 0 Å². The van der Waals surface area contributed by atoms with Gasteiger partial charge in [0, 0.05) is 57.4 Å². The molecule has 7 heteroatoms. The Balaban J connectivity index is 1.81. The Bertz CT molecular complexity index is 863. The number of hydrogen-bond acceptors (Lipinski definition) is 4. The Labute approximate surface area is 160 Å². The highest BCUT2D eigenvalue weighted by atomic mass is 16.2. The van der Waals surface area contributed by atoms with Gasteiger partial charge in [0.2, 0.25) is 0 Å². The van der Waals surface area contributed by atoms with Crippen LogP contribution in [-0.2, 0) is 7.05 Å². The van der Waals surface area contributed by atoms with E-state index in [4.69, 9.17) is 0 Å². The number of carbonyl (C=O) groups is 1. The van der Waals surface area contributed by atoms with Crippen molar-refractivity contribution in [3.63, 3.8) is 0 Å². The summed E-state index contributed by atoms with van der Waals surface area (Å²) in [6.45, 7) is 5.32. The van der Waals surface area contributed by atoms with Gasteiger partial charge in [-0.25, -0.2) is 9.48 Å². The lowest BCUT2D eigenvalue weighted by molar-refractivity contribution is 0.0703. The summed E-state index contributed by atoms with van der Waals surface area (Å²) in [4.78, 5) is 29.2. The van der Waals surface area contributed by atoms with Crippen LogP contribution in [0.15, 0.2) is 29.1 Å². The van der Waals surface area contributed by atoms with Crippen molar-refractivity contribution in [2.45, 2.75) is 38.6 Å². The molecule has 1 aromatic heterocycles. The van der Waals surface area contributed by atoms with E-state index in [1.165, 1.54) is 4.68 Å². The molecule has 0 aliphatic carbocycles. The molecular formula is C20H29N5O2. The molecule has 146 valence electrons. The zero-order valence-corrected chi connectivity index (χ0v) is 16.8. The van der Waals surface area contributed by atoms with Crippen LogP contribution in [0.25, 0.3) is 0 Å². The van der Waals surface area contributed by atoms with Gasteiger partial charge in [0.1, 0.15) is 5.82 Å². The number of anilines is 1. The molecule has 0 saturated carbocycles. The fourth-order valence-corrected chi connectivity index (χ4v) is 3.72. The normalized spacial score (nSPS) is 17.4. The summed E-state index contributed by atoms with van der Waals surface area (Å²) >= 11 is 0. The van der Waals surface area contributed by atoms with E-state index in [0.717, 1.165) is 30.9 Å². The van der Waals surface area contributed by atoms with Gasteiger partial charge in [-0.3, -0.25) is 9.36 Å². The van der Waals surface area contributed by atoms with Gasteiger partial charge in [0.05, 0.1) is 0 Å². The molecule has 1 atom stereocenters. The van der Waals surface area contributed by atoms with Gasteiger partial charge in [-0.15, -0.1) is 0 Å². The third-order valence-corrected chi connectivity index (χ3v) is 5.20. The van der Waals surface area contributed by atoms with Crippen molar-refractivity contribution >= 4 is 11.6 Å². The molecule has 2 heterocycles. The Morgan fingerprint density at radius 3 is 2.48 bits per heavy atom. The molecule has 0 N–H and O–H groups in total. The lowest BCUT2D eigenvalue weighted by Crippen LogP contribution is -2.40. The Morgan fingerprint density at radius 1 is 1.22 bits per heavy atom. The van der Waals surface area contributed by atoms with E-state index in [2.05, 4.69) is 5.10 Å². The highest BCUT2D eigenvalue weighted by Gasteiger charge is 2.30. The zero-order valence-electron chi connectivity index (χ0n) is 16.8. The molecule has 1 saturated heterocycles. The summed E-state index contributed by atoms with van der Waals surface area (Å²) in [6.07, 6.45) is 1.85. The second-order valence-electron chi connectivity index (χ2n) is 7.76. The summed E-state index contributed by atoms with van der Waals surface area (Å²) in [6, 6.07) is 7.73. The molecule has 1 amide bonds. The first-order valence-electron chi connectivity index (χ1n) is 9.51. The van der Waals surface area contributed by atoms with E-state index in [-0.39, 0.29) is 23.6 Å². The number of likely N-dealkylation sites (tertiary alicyclic amines) is 1. The van der Waals surface area contributed by atoms with Gasteiger partial charge < -0.3 is 9.80 Å². The molecule has 0 radical (unpaired) electrons. The summed E-state index contributed by atoms with van der Waals surface area (Å²) in [5.74, 6) is 0.914. The minimum absolute atomic E-state index is 0.0411. The summed E-state index contributed by atoms with van der Waals surface area (Å²) in [5, 5.41) is 4.48. The van der Waals surface area contributed by atoms with Crippen molar-refractivity contribution < 1.29 is 4.79 Å². The van der Waals surface area contributed by atoms with E-state index in [1.807, 2.05) is 62.0 Å². The molecule has 2 aromatic rings. The van der Waals surface area contributed by atoms with Crippen LogP contribution in [0.4, 0.5) is 5.69 Å². The molecule has 27 heavy (non-hydrogen) atoms. The predicted molar refractivity (Wildman–Crippen MR) is 107 cm³/mol. The van der Waals surface area contributed by atoms with Crippen LogP contribution in [0.3, 0.4) is 0 Å². The minimum atomic E-state index is -0.0947. The fraction of sp³-hybridized carbons (Fsp3) is 0.550. The maximum Gasteiger partial charge on any atom is 0.345 e. The van der Waals surface area contributed by atoms with Gasteiger partial charge >= 0.3 is 5.69 Å². The molecule has 1 unspecified atom stereocenters. The van der Waals surface area contributed by atoms with E-state index < -0.39 is 0 Å². The van der Waals surface area contributed by atoms with Gasteiger partial charge in [0.15, 0.2) is 0 Å². The first-order valence-corrected chi connectivity index (χ1v) is 9.51. The van der Waals surface area contributed by atoms with Crippen LogP contribution in [0.1, 0.15) is 54.8 Å². The molecule has 3 rings (SSSR count). The number of rotatable bonds is 4. The SMILES string of the molecule is CC(C)n1c(C2CCCN(C(=O)c3ccc(N(C)C)cc3)C2)nn(C)c1=O. The molecular weight excluding hydrogens is 342 g/mol. The van der Waals surface area contributed by atoms with Crippen molar-refractivity contribution in [2.24, 2.45) is 7.05 Å². The van der Waals surface area contributed by atoms with Crippen LogP contribution < -0.4 is 10.6 Å². The van der Waals surface area contributed by atoms with Gasteiger partial charge in [-0.2, -0.15) is 5.10 Å². The van der Waals surface area contributed by atoms with Crippen LogP contribution >= 0.6 is 0 Å². The molecule has 1 aromatic carbocycles. The Morgan fingerprint density at radius 2 is 1.89 bits per heavy atom. The maximum atomic E-state index is 13.0. The number of amides is 1. The largest absolute Gasteiger partial charge is 0.378 e. The van der Waals surface area contributed by atoms with Gasteiger partial charge in [-0.1, -0.05) is 0 Å². The second kappa shape index (κ2) is 7.58. The molecule has 1 aliphatic heterocycles. The lowest BCUT2D eigenvalue weighted by Gasteiger charge is -2.32. The number of carbonyl (C=O) groups excluding carboxylic acids is 1. The number of piperidine rings is 1. The summed E-state index contributed by atoms with van der Waals surface area (Å²) in [5.41, 5.74) is 1.67. The summed E-state index contributed by atoms with van der Waals surface area (Å²) < 4.78 is 3.15. The smallest absolute Gasteiger partial charge is 0.345 e. The van der Waals surface area contributed by atoms with Crippen molar-refractivity contribution in [1.82, 2.24) is 19.2 Å². The van der Waals surface area contributed by atoms with Crippen molar-refractivity contribution in [1.29, 1.82) is 0 Å². The number of benzene rings is 1. The third kappa shape index (κ3) is 3.77. The van der Waals surface area contributed by atoms with E-state index in [0.29, 0.717) is 12.1 Å². The minimum Gasteiger partial charge on any atom is -0.378 e. The molecule has 0 spiro atoms. The summed E-state index contributed by atoms with van der Waals surface area (Å²) in [7, 11) is 5.64. The monoisotopic (exact) mass is 371 g/mol. The number of aromatic nitrogens is 3. The van der Waals surface area contributed by atoms with Crippen LogP contribution in [0, 0.1) is 0 Å². The van der Waals surface area contributed by atoms with Crippen molar-refractivity contribution in [3.8, 4) is 0 Å². The quantitative estimate of drug-likeness (QED) is 0.827. The van der Waals surface area contributed by atoms with Crippen molar-refractivity contribution in [2.75, 3.05) is 32.1 Å². The van der Waals surface area contributed by atoms with Gasteiger partial charge in [0.25, 0.3) is 5.91 Å². The molecule has 1 fully saturated rings. The van der Waals surface area contributed by atoms with E-state index >= 15 is 0 Å². The number of aryl methyl sites for hydroxylation is 1. The van der Waals surface area contributed by atoms with Crippen molar-refractivity contribution in [3.05, 3.63) is 46.1 Å². The Kier molecular flexibility index (Phi) is 5.39.